The summed E-state index contributed by atoms with van der Waals surface area (Å²) in [6.45, 7) is 9.42. The number of hydrogen-bond acceptors (Lipinski definition) is 1. The highest BCUT2D eigenvalue weighted by Gasteiger charge is 2.30. The molecule has 0 aliphatic heterocycles. The van der Waals surface area contributed by atoms with Crippen molar-refractivity contribution in [3.05, 3.63) is 0 Å². The van der Waals surface area contributed by atoms with Gasteiger partial charge in [0.2, 0.25) is 0 Å². The van der Waals surface area contributed by atoms with Crippen LogP contribution in [-0.4, -0.2) is 5.54 Å². The average Bonchev–Trinajstić information content (AvgIpc) is 2.90. The maximum absolute atomic E-state index is 7.24. The van der Waals surface area contributed by atoms with E-state index in [9.17, 15) is 0 Å². The molecule has 0 spiro atoms. The second-order valence-corrected chi connectivity index (χ2v) is 12.9. The molecule has 0 aliphatic rings. The topological polar surface area (TPSA) is 26.0 Å². The number of hydrogen-bond donors (Lipinski definition) is 1. The highest BCUT2D eigenvalue weighted by molar-refractivity contribution is 5.85. The van der Waals surface area contributed by atoms with Gasteiger partial charge < -0.3 is 5.73 Å². The lowest BCUT2D eigenvalue weighted by molar-refractivity contribution is 0.220. The van der Waals surface area contributed by atoms with Gasteiger partial charge in [-0.1, -0.05) is 201 Å². The third kappa shape index (κ3) is 26.5. The summed E-state index contributed by atoms with van der Waals surface area (Å²) in [4.78, 5) is 0. The highest BCUT2D eigenvalue weighted by Crippen LogP contribution is 2.32. The van der Waals surface area contributed by atoms with E-state index in [4.69, 9.17) is 5.73 Å². The number of unbranched alkanes of at least 4 members (excludes halogenated alkanes) is 24. The molecule has 2 N–H and O–H groups in total. The molecule has 0 rings (SSSR count). The van der Waals surface area contributed by atoms with Crippen LogP contribution in [0.1, 0.15) is 220 Å². The van der Waals surface area contributed by atoms with Gasteiger partial charge >= 0.3 is 0 Å². The van der Waals surface area contributed by atoms with Gasteiger partial charge in [0.1, 0.15) is 0 Å². The quantitative estimate of drug-likeness (QED) is 0.0842. The fourth-order valence-corrected chi connectivity index (χ4v) is 6.20. The SMILES string of the molecule is CCCCCCCCCCCC(C)C(N)(CCCCCCCCCCC)CCCCCCCCCCC.Cl. The van der Waals surface area contributed by atoms with Gasteiger partial charge in [0.25, 0.3) is 0 Å². The molecule has 0 aromatic carbocycles. The van der Waals surface area contributed by atoms with Crippen molar-refractivity contribution in [3.8, 4) is 0 Å². The van der Waals surface area contributed by atoms with Crippen molar-refractivity contribution in [3.63, 3.8) is 0 Å². The normalized spacial score (nSPS) is 12.6. The summed E-state index contributed by atoms with van der Waals surface area (Å²) in [7, 11) is 0. The second-order valence-electron chi connectivity index (χ2n) is 12.9. The molecule has 2 heteroatoms. The van der Waals surface area contributed by atoms with Gasteiger partial charge in [-0.2, -0.15) is 0 Å². The van der Waals surface area contributed by atoms with Gasteiger partial charge in [-0.25, -0.2) is 0 Å². The van der Waals surface area contributed by atoms with Gasteiger partial charge in [0, 0.05) is 5.54 Å². The van der Waals surface area contributed by atoms with Crippen LogP contribution >= 0.6 is 12.4 Å². The summed E-state index contributed by atoms with van der Waals surface area (Å²) in [5.41, 5.74) is 7.33. The van der Waals surface area contributed by atoms with Gasteiger partial charge in [0.15, 0.2) is 0 Å². The first kappa shape index (κ1) is 40.4. The third-order valence-electron chi connectivity index (χ3n) is 9.21. The van der Waals surface area contributed by atoms with E-state index < -0.39 is 0 Å². The molecule has 0 aromatic rings. The highest BCUT2D eigenvalue weighted by atomic mass is 35.5. The number of halogens is 1. The predicted octanol–water partition coefficient (Wildman–Crippen LogP) is 13.5. The Balaban J connectivity index is 0. The van der Waals surface area contributed by atoms with E-state index >= 15 is 0 Å². The molecule has 1 unspecified atom stereocenters. The van der Waals surface area contributed by atoms with Crippen LogP contribution in [-0.2, 0) is 0 Å². The molecule has 0 heterocycles. The summed E-state index contributed by atoms with van der Waals surface area (Å²) in [6.07, 6.45) is 42.2. The summed E-state index contributed by atoms with van der Waals surface area (Å²) < 4.78 is 0. The fraction of sp³-hybridized carbons (Fsp3) is 1.00. The Morgan fingerprint density at radius 1 is 0.395 bits per heavy atom. The zero-order chi connectivity index (χ0) is 27.3. The minimum absolute atomic E-state index is 0. The first-order valence-corrected chi connectivity index (χ1v) is 17.9. The molecule has 1 nitrogen and oxygen atoms in total. The smallest absolute Gasteiger partial charge is 0.0180 e. The molecule has 38 heavy (non-hydrogen) atoms. The first-order chi connectivity index (χ1) is 18.1. The maximum Gasteiger partial charge on any atom is 0.0180 e. The Kier molecular flexibility index (Phi) is 33.8. The third-order valence-corrected chi connectivity index (χ3v) is 9.21. The molecule has 0 radical (unpaired) electrons. The van der Waals surface area contributed by atoms with Crippen molar-refractivity contribution in [2.75, 3.05) is 0 Å². The van der Waals surface area contributed by atoms with Crippen LogP contribution in [0, 0.1) is 5.92 Å². The molecule has 0 amide bonds. The van der Waals surface area contributed by atoms with E-state index in [1.165, 1.54) is 193 Å². The van der Waals surface area contributed by atoms with Gasteiger partial charge in [-0.15, -0.1) is 12.4 Å². The Labute approximate surface area is 249 Å². The monoisotopic (exact) mass is 558 g/mol. The van der Waals surface area contributed by atoms with Crippen molar-refractivity contribution in [2.24, 2.45) is 11.7 Å². The van der Waals surface area contributed by atoms with E-state index in [-0.39, 0.29) is 17.9 Å². The molecular formula is C36H76ClN. The van der Waals surface area contributed by atoms with Crippen molar-refractivity contribution in [1.82, 2.24) is 0 Å². The van der Waals surface area contributed by atoms with Crippen LogP contribution < -0.4 is 5.73 Å². The van der Waals surface area contributed by atoms with Crippen LogP contribution in [0.5, 0.6) is 0 Å². The minimum Gasteiger partial charge on any atom is -0.325 e. The number of rotatable bonds is 31. The van der Waals surface area contributed by atoms with Crippen molar-refractivity contribution < 1.29 is 0 Å². The van der Waals surface area contributed by atoms with E-state index in [0.717, 1.165) is 0 Å². The largest absolute Gasteiger partial charge is 0.325 e. The Morgan fingerprint density at radius 2 is 0.632 bits per heavy atom. The Morgan fingerprint density at radius 3 is 0.921 bits per heavy atom. The summed E-state index contributed by atoms with van der Waals surface area (Å²) in [5, 5.41) is 0. The standard InChI is InChI=1S/C36H75N.ClH/c1-5-8-11-14-17-20-23-26-29-32-35(4)36(37,33-30-27-24-21-18-15-12-9-6-2)34-31-28-25-22-19-16-13-10-7-3;/h35H,5-34,37H2,1-4H3;1H. The minimum atomic E-state index is 0. The lowest BCUT2D eigenvalue weighted by Crippen LogP contribution is -2.46. The summed E-state index contributed by atoms with van der Waals surface area (Å²) >= 11 is 0. The average molecular weight is 558 g/mol. The van der Waals surface area contributed by atoms with E-state index in [1.807, 2.05) is 0 Å². The van der Waals surface area contributed by atoms with Crippen molar-refractivity contribution in [1.29, 1.82) is 0 Å². The molecule has 0 fully saturated rings. The second kappa shape index (κ2) is 31.8. The van der Waals surface area contributed by atoms with Crippen molar-refractivity contribution in [2.45, 2.75) is 226 Å². The van der Waals surface area contributed by atoms with Crippen molar-refractivity contribution >= 4 is 12.4 Å². The zero-order valence-electron chi connectivity index (χ0n) is 27.3. The van der Waals surface area contributed by atoms with Gasteiger partial charge in [-0.05, 0) is 25.2 Å². The van der Waals surface area contributed by atoms with Crippen LogP contribution in [0.2, 0.25) is 0 Å². The molecule has 1 atom stereocenters. The fourth-order valence-electron chi connectivity index (χ4n) is 6.20. The van der Waals surface area contributed by atoms with Crippen LogP contribution in [0.4, 0.5) is 0 Å². The van der Waals surface area contributed by atoms with E-state index in [0.29, 0.717) is 5.92 Å². The lowest BCUT2D eigenvalue weighted by atomic mass is 9.75. The zero-order valence-corrected chi connectivity index (χ0v) is 28.1. The molecular weight excluding hydrogens is 482 g/mol. The molecule has 0 saturated carbocycles. The maximum atomic E-state index is 7.24. The molecule has 0 aromatic heterocycles. The first-order valence-electron chi connectivity index (χ1n) is 17.9. The predicted molar refractivity (Wildman–Crippen MR) is 179 cm³/mol. The van der Waals surface area contributed by atoms with Crippen LogP contribution in [0.15, 0.2) is 0 Å². The molecule has 0 bridgehead atoms. The summed E-state index contributed by atoms with van der Waals surface area (Å²) in [6, 6.07) is 0. The van der Waals surface area contributed by atoms with E-state index in [1.54, 1.807) is 0 Å². The molecule has 0 aliphatic carbocycles. The Bertz CT molecular complexity index is 402. The van der Waals surface area contributed by atoms with Crippen LogP contribution in [0.3, 0.4) is 0 Å². The summed E-state index contributed by atoms with van der Waals surface area (Å²) in [5.74, 6) is 0.681. The van der Waals surface area contributed by atoms with Gasteiger partial charge in [0.05, 0.1) is 0 Å². The molecule has 0 saturated heterocycles. The number of nitrogens with two attached hydrogens (primary N) is 1. The van der Waals surface area contributed by atoms with E-state index in [2.05, 4.69) is 27.7 Å². The van der Waals surface area contributed by atoms with Crippen LogP contribution in [0.25, 0.3) is 0 Å². The lowest BCUT2D eigenvalue weighted by Gasteiger charge is -2.36. The molecule has 232 valence electrons. The Hall–Kier alpha value is 0.250. The van der Waals surface area contributed by atoms with Gasteiger partial charge in [-0.3, -0.25) is 0 Å².